The molecule has 2 fully saturated rings. The van der Waals surface area contributed by atoms with Gasteiger partial charge in [0.2, 0.25) is 0 Å². The zero-order chi connectivity index (χ0) is 13.8. The van der Waals surface area contributed by atoms with Crippen LogP contribution in [0.4, 0.5) is 17.3 Å². The fourth-order valence-corrected chi connectivity index (χ4v) is 3.33. The van der Waals surface area contributed by atoms with Crippen molar-refractivity contribution in [1.82, 2.24) is 9.97 Å². The fraction of sp³-hybridized carbons (Fsp3) is 0.733. The van der Waals surface area contributed by atoms with E-state index in [2.05, 4.69) is 20.6 Å². The smallest absolute Gasteiger partial charge is 0.155 e. The molecule has 1 heterocycles. The minimum absolute atomic E-state index is 0.514. The Kier molecular flexibility index (Phi) is 4.23. The van der Waals surface area contributed by atoms with E-state index in [1.54, 1.807) is 6.33 Å². The molecule has 0 aliphatic heterocycles. The molecule has 1 aromatic rings. The molecular weight excluding hydrogens is 250 g/mol. The summed E-state index contributed by atoms with van der Waals surface area (Å²) in [4.78, 5) is 8.63. The molecule has 110 valence electrons. The molecule has 0 atom stereocenters. The molecule has 0 unspecified atom stereocenters. The minimum atomic E-state index is 0.514. The van der Waals surface area contributed by atoms with E-state index in [4.69, 9.17) is 5.73 Å². The van der Waals surface area contributed by atoms with Crippen LogP contribution in [0.15, 0.2) is 6.33 Å². The molecule has 5 nitrogen and oxygen atoms in total. The van der Waals surface area contributed by atoms with Crippen molar-refractivity contribution < 1.29 is 0 Å². The molecule has 2 aliphatic rings. The summed E-state index contributed by atoms with van der Waals surface area (Å²) >= 11 is 0. The first kappa shape index (κ1) is 13.5. The van der Waals surface area contributed by atoms with Gasteiger partial charge in [-0.05, 0) is 25.7 Å². The highest BCUT2D eigenvalue weighted by molar-refractivity contribution is 5.74. The summed E-state index contributed by atoms with van der Waals surface area (Å²) in [5.41, 5.74) is 6.90. The van der Waals surface area contributed by atoms with Crippen molar-refractivity contribution in [1.29, 1.82) is 0 Å². The van der Waals surface area contributed by atoms with Gasteiger partial charge in [0.15, 0.2) is 11.6 Å². The van der Waals surface area contributed by atoms with Gasteiger partial charge in [0, 0.05) is 12.1 Å². The van der Waals surface area contributed by atoms with Gasteiger partial charge < -0.3 is 16.4 Å². The summed E-state index contributed by atoms with van der Waals surface area (Å²) < 4.78 is 0. The first-order chi connectivity index (χ1) is 9.83. The van der Waals surface area contributed by atoms with Gasteiger partial charge in [-0.3, -0.25) is 0 Å². The normalized spacial score (nSPS) is 21.0. The second kappa shape index (κ2) is 6.29. The van der Waals surface area contributed by atoms with Crippen LogP contribution in [0.2, 0.25) is 0 Å². The molecule has 1 aromatic heterocycles. The Bertz CT molecular complexity index is 436. The summed E-state index contributed by atoms with van der Waals surface area (Å²) in [7, 11) is 0. The van der Waals surface area contributed by atoms with E-state index in [1.165, 1.54) is 57.8 Å². The van der Waals surface area contributed by atoms with E-state index in [1.807, 2.05) is 0 Å². The third-order valence-corrected chi connectivity index (χ3v) is 4.53. The maximum absolute atomic E-state index is 6.23. The molecule has 2 aliphatic carbocycles. The predicted octanol–water partition coefficient (Wildman–Crippen LogP) is 3.16. The van der Waals surface area contributed by atoms with Gasteiger partial charge in [0.25, 0.3) is 0 Å². The van der Waals surface area contributed by atoms with Crippen LogP contribution in [0.1, 0.15) is 57.8 Å². The van der Waals surface area contributed by atoms with E-state index in [-0.39, 0.29) is 0 Å². The quantitative estimate of drug-likeness (QED) is 0.787. The monoisotopic (exact) mass is 275 g/mol. The molecule has 20 heavy (non-hydrogen) atoms. The lowest BCUT2D eigenvalue weighted by Gasteiger charge is -2.24. The molecule has 3 rings (SSSR count). The second-order valence-electron chi connectivity index (χ2n) is 6.09. The van der Waals surface area contributed by atoms with Gasteiger partial charge >= 0.3 is 0 Å². The Balaban J connectivity index is 1.67. The third-order valence-electron chi connectivity index (χ3n) is 4.53. The number of nitrogens with one attached hydrogen (secondary N) is 2. The van der Waals surface area contributed by atoms with Crippen molar-refractivity contribution in [3.05, 3.63) is 6.33 Å². The van der Waals surface area contributed by atoms with E-state index in [9.17, 15) is 0 Å². The van der Waals surface area contributed by atoms with Crippen LogP contribution < -0.4 is 16.4 Å². The van der Waals surface area contributed by atoms with Crippen LogP contribution in [0.25, 0.3) is 0 Å². The van der Waals surface area contributed by atoms with Crippen LogP contribution in [0.3, 0.4) is 0 Å². The van der Waals surface area contributed by atoms with Crippen molar-refractivity contribution in [3.63, 3.8) is 0 Å². The van der Waals surface area contributed by atoms with Crippen molar-refractivity contribution in [3.8, 4) is 0 Å². The van der Waals surface area contributed by atoms with E-state index < -0.39 is 0 Å². The van der Waals surface area contributed by atoms with E-state index in [0.717, 1.165) is 11.6 Å². The Morgan fingerprint density at radius 2 is 1.25 bits per heavy atom. The lowest BCUT2D eigenvalue weighted by atomic mass is 9.95. The average molecular weight is 275 g/mol. The van der Waals surface area contributed by atoms with Gasteiger partial charge in [-0.15, -0.1) is 0 Å². The Hall–Kier alpha value is -1.52. The second-order valence-corrected chi connectivity index (χ2v) is 6.09. The number of aromatic nitrogens is 2. The van der Waals surface area contributed by atoms with Crippen molar-refractivity contribution >= 4 is 17.3 Å². The zero-order valence-corrected chi connectivity index (χ0v) is 12.1. The highest BCUT2D eigenvalue weighted by Crippen LogP contribution is 2.29. The number of hydrogen-bond acceptors (Lipinski definition) is 5. The molecule has 0 spiro atoms. The number of hydrogen-bond donors (Lipinski definition) is 3. The summed E-state index contributed by atoms with van der Waals surface area (Å²) in [5, 5.41) is 6.97. The maximum Gasteiger partial charge on any atom is 0.155 e. The molecule has 2 saturated carbocycles. The predicted molar refractivity (Wildman–Crippen MR) is 82.8 cm³/mol. The first-order valence-electron chi connectivity index (χ1n) is 7.96. The maximum atomic E-state index is 6.23. The standard InChI is InChI=1S/C15H25N5/c16-13-14(19-11-6-2-1-3-7-11)17-10-18-15(13)20-12-8-4-5-9-12/h10-12H,1-9,16H2,(H2,17,18,19,20). The van der Waals surface area contributed by atoms with Crippen molar-refractivity contribution in [2.24, 2.45) is 0 Å². The van der Waals surface area contributed by atoms with Crippen molar-refractivity contribution in [2.45, 2.75) is 69.9 Å². The molecule has 0 aromatic carbocycles. The molecular formula is C15H25N5. The lowest BCUT2D eigenvalue weighted by Crippen LogP contribution is -2.24. The zero-order valence-electron chi connectivity index (χ0n) is 12.1. The van der Waals surface area contributed by atoms with Crippen molar-refractivity contribution in [2.75, 3.05) is 16.4 Å². The molecule has 0 saturated heterocycles. The van der Waals surface area contributed by atoms with Crippen LogP contribution in [-0.2, 0) is 0 Å². The Morgan fingerprint density at radius 1 is 0.800 bits per heavy atom. The van der Waals surface area contributed by atoms with E-state index in [0.29, 0.717) is 17.8 Å². The van der Waals surface area contributed by atoms with Crippen LogP contribution >= 0.6 is 0 Å². The Labute approximate surface area is 120 Å². The summed E-state index contributed by atoms with van der Waals surface area (Å²) in [6, 6.07) is 1.04. The number of nitrogen functional groups attached to an aromatic ring is 1. The lowest BCUT2D eigenvalue weighted by molar-refractivity contribution is 0.462. The number of nitrogens with two attached hydrogens (primary N) is 1. The summed E-state index contributed by atoms with van der Waals surface area (Å²) in [6.07, 6.45) is 13.0. The van der Waals surface area contributed by atoms with Gasteiger partial charge in [-0.25, -0.2) is 9.97 Å². The fourth-order valence-electron chi connectivity index (χ4n) is 3.33. The highest BCUT2D eigenvalue weighted by atomic mass is 15.1. The average Bonchev–Trinajstić information content (AvgIpc) is 2.97. The minimum Gasteiger partial charge on any atom is -0.393 e. The van der Waals surface area contributed by atoms with Gasteiger partial charge in [0.05, 0.1) is 0 Å². The molecule has 4 N–H and O–H groups in total. The number of anilines is 3. The largest absolute Gasteiger partial charge is 0.393 e. The highest BCUT2D eigenvalue weighted by Gasteiger charge is 2.19. The van der Waals surface area contributed by atoms with Gasteiger partial charge in [0.1, 0.15) is 12.0 Å². The number of nitrogens with zero attached hydrogens (tertiary/aromatic N) is 2. The van der Waals surface area contributed by atoms with E-state index >= 15 is 0 Å². The third kappa shape index (κ3) is 3.14. The van der Waals surface area contributed by atoms with Crippen LogP contribution in [-0.4, -0.2) is 22.1 Å². The van der Waals surface area contributed by atoms with Gasteiger partial charge in [-0.1, -0.05) is 32.1 Å². The summed E-state index contributed by atoms with van der Waals surface area (Å²) in [6.45, 7) is 0. The topological polar surface area (TPSA) is 75.9 Å². The molecule has 0 amide bonds. The molecule has 5 heteroatoms. The van der Waals surface area contributed by atoms with Crippen LogP contribution in [0.5, 0.6) is 0 Å². The SMILES string of the molecule is Nc1c(NC2CCCCC2)ncnc1NC1CCCC1. The number of rotatable bonds is 4. The molecule has 0 radical (unpaired) electrons. The summed E-state index contributed by atoms with van der Waals surface area (Å²) in [5.74, 6) is 1.60. The van der Waals surface area contributed by atoms with Crippen LogP contribution in [0, 0.1) is 0 Å². The Morgan fingerprint density at radius 3 is 1.75 bits per heavy atom. The van der Waals surface area contributed by atoms with Gasteiger partial charge in [-0.2, -0.15) is 0 Å². The first-order valence-corrected chi connectivity index (χ1v) is 7.96. The molecule has 0 bridgehead atoms.